The van der Waals surface area contributed by atoms with E-state index in [1.807, 2.05) is 6.92 Å². The number of thioether (sulfide) groups is 1. The molecule has 1 amide bonds. The summed E-state index contributed by atoms with van der Waals surface area (Å²) in [6, 6.07) is 4.06. The second-order valence-electron chi connectivity index (χ2n) is 7.06. The van der Waals surface area contributed by atoms with E-state index in [1.165, 1.54) is 35.1 Å². The Labute approximate surface area is 194 Å². The maximum absolute atomic E-state index is 12.6. The lowest BCUT2D eigenvalue weighted by Crippen LogP contribution is -2.16. The number of aromatic nitrogens is 3. The Morgan fingerprint density at radius 1 is 1.19 bits per heavy atom. The second kappa shape index (κ2) is 10.4. The molecule has 3 aromatic rings. The van der Waals surface area contributed by atoms with E-state index in [0.717, 1.165) is 29.1 Å². The van der Waals surface area contributed by atoms with Crippen molar-refractivity contribution in [3.8, 4) is 11.4 Å². The van der Waals surface area contributed by atoms with Gasteiger partial charge >= 0.3 is 5.97 Å². The van der Waals surface area contributed by atoms with Gasteiger partial charge in [0, 0.05) is 26.7 Å². The van der Waals surface area contributed by atoms with E-state index in [-0.39, 0.29) is 17.7 Å². The molecule has 0 saturated carbocycles. The Morgan fingerprint density at radius 3 is 2.55 bits per heavy atom. The van der Waals surface area contributed by atoms with Crippen molar-refractivity contribution in [1.82, 2.24) is 14.8 Å². The van der Waals surface area contributed by atoms with E-state index in [0.29, 0.717) is 15.7 Å². The smallest absolute Gasteiger partial charge is 0.340 e. The quantitative estimate of drug-likeness (QED) is 0.332. The van der Waals surface area contributed by atoms with Crippen LogP contribution in [0.25, 0.3) is 11.4 Å². The van der Waals surface area contributed by atoms with Crippen LogP contribution in [0, 0.1) is 0 Å². The van der Waals surface area contributed by atoms with Gasteiger partial charge in [0.2, 0.25) is 5.91 Å². The van der Waals surface area contributed by atoms with E-state index in [1.54, 1.807) is 17.4 Å². The maximum atomic E-state index is 12.6. The van der Waals surface area contributed by atoms with E-state index in [9.17, 15) is 9.59 Å². The molecule has 0 aromatic carbocycles. The van der Waals surface area contributed by atoms with Crippen molar-refractivity contribution in [3.05, 3.63) is 32.8 Å². The third kappa shape index (κ3) is 5.36. The number of carbonyl (C=O) groups excluding carboxylic acids is 2. The van der Waals surface area contributed by atoms with Crippen molar-refractivity contribution in [1.29, 1.82) is 0 Å². The molecule has 3 rings (SSSR count). The normalized spacial score (nSPS) is 11.2. The van der Waals surface area contributed by atoms with Gasteiger partial charge in [-0.05, 0) is 38.8 Å². The lowest BCUT2D eigenvalue weighted by atomic mass is 10.2. The van der Waals surface area contributed by atoms with Crippen LogP contribution in [-0.4, -0.2) is 39.5 Å². The summed E-state index contributed by atoms with van der Waals surface area (Å²) in [5.74, 6) is 0.315. The first-order valence-electron chi connectivity index (χ1n) is 10.0. The lowest BCUT2D eigenvalue weighted by molar-refractivity contribution is -0.113. The Balaban J connectivity index is 1.74. The highest BCUT2D eigenvalue weighted by Crippen LogP contribution is 2.32. The first kappa shape index (κ1) is 23.5. The van der Waals surface area contributed by atoms with E-state index in [2.05, 4.69) is 52.3 Å². The molecule has 3 heterocycles. The largest absolute Gasteiger partial charge is 0.465 e. The minimum absolute atomic E-state index is 0.149. The van der Waals surface area contributed by atoms with Crippen molar-refractivity contribution in [2.45, 2.75) is 51.7 Å². The fourth-order valence-corrected chi connectivity index (χ4v) is 5.67. The molecule has 0 aliphatic rings. The third-order valence-corrected chi connectivity index (χ3v) is 7.78. The maximum Gasteiger partial charge on any atom is 0.340 e. The van der Waals surface area contributed by atoms with Gasteiger partial charge < -0.3 is 10.1 Å². The first-order valence-corrected chi connectivity index (χ1v) is 12.7. The summed E-state index contributed by atoms with van der Waals surface area (Å²) in [6.07, 6.45) is 1.76. The Morgan fingerprint density at radius 2 is 1.94 bits per heavy atom. The van der Waals surface area contributed by atoms with Crippen LogP contribution < -0.4 is 5.32 Å². The van der Waals surface area contributed by atoms with Crippen molar-refractivity contribution in [2.75, 3.05) is 18.2 Å². The van der Waals surface area contributed by atoms with E-state index >= 15 is 0 Å². The third-order valence-electron chi connectivity index (χ3n) is 4.56. The van der Waals surface area contributed by atoms with Crippen molar-refractivity contribution in [2.24, 2.45) is 0 Å². The molecule has 0 aliphatic carbocycles. The van der Waals surface area contributed by atoms with Gasteiger partial charge in [-0.2, -0.15) is 0 Å². The number of anilines is 1. The number of thiophene rings is 2. The zero-order valence-corrected chi connectivity index (χ0v) is 20.7. The minimum atomic E-state index is -0.453. The number of methoxy groups -OCH3 is 1. The van der Waals surface area contributed by atoms with Crippen LogP contribution in [0.5, 0.6) is 0 Å². The van der Waals surface area contributed by atoms with Crippen LogP contribution in [0.3, 0.4) is 0 Å². The summed E-state index contributed by atoms with van der Waals surface area (Å²) in [4.78, 5) is 26.9. The standard InChI is InChI=1S/C21H26N4O3S3/c1-6-14-8-13(10-29-14)18-23-24-21(25(18)12(3)4)30-11-17(26)22-19-16(20(27)28-5)9-15(7-2)31-19/h8-10,12H,6-7,11H2,1-5H3,(H,22,26). The summed E-state index contributed by atoms with van der Waals surface area (Å²) < 4.78 is 6.89. The van der Waals surface area contributed by atoms with Gasteiger partial charge in [0.15, 0.2) is 11.0 Å². The number of hydrogen-bond donors (Lipinski definition) is 1. The Bertz CT molecular complexity index is 1070. The molecule has 166 valence electrons. The number of esters is 1. The van der Waals surface area contributed by atoms with Gasteiger partial charge in [0.05, 0.1) is 18.4 Å². The average molecular weight is 479 g/mol. The molecule has 0 fully saturated rings. The SMILES string of the molecule is CCc1cc(-c2nnc(SCC(=O)Nc3sc(CC)cc3C(=O)OC)n2C(C)C)cs1. The summed E-state index contributed by atoms with van der Waals surface area (Å²) >= 11 is 4.44. The minimum Gasteiger partial charge on any atom is -0.465 e. The number of rotatable bonds is 9. The van der Waals surface area contributed by atoms with Gasteiger partial charge in [-0.25, -0.2) is 4.79 Å². The van der Waals surface area contributed by atoms with Crippen LogP contribution in [0.2, 0.25) is 0 Å². The molecule has 0 saturated heterocycles. The zero-order chi connectivity index (χ0) is 22.5. The highest BCUT2D eigenvalue weighted by molar-refractivity contribution is 7.99. The molecule has 0 spiro atoms. The zero-order valence-electron chi connectivity index (χ0n) is 18.2. The van der Waals surface area contributed by atoms with Crippen LogP contribution >= 0.6 is 34.4 Å². The lowest BCUT2D eigenvalue weighted by Gasteiger charge is -2.13. The number of nitrogens with zero attached hydrogens (tertiary/aromatic N) is 3. The summed E-state index contributed by atoms with van der Waals surface area (Å²) in [6.45, 7) is 8.28. The first-order chi connectivity index (χ1) is 14.9. The summed E-state index contributed by atoms with van der Waals surface area (Å²) in [5, 5.41) is 14.9. The van der Waals surface area contributed by atoms with Crippen molar-refractivity contribution in [3.63, 3.8) is 0 Å². The van der Waals surface area contributed by atoms with Crippen LogP contribution in [-0.2, 0) is 22.4 Å². The van der Waals surface area contributed by atoms with Crippen LogP contribution in [0.1, 0.15) is 53.8 Å². The molecule has 1 N–H and O–H groups in total. The topological polar surface area (TPSA) is 86.1 Å². The second-order valence-corrected chi connectivity index (χ2v) is 10.1. The number of amides is 1. The number of hydrogen-bond acceptors (Lipinski definition) is 8. The highest BCUT2D eigenvalue weighted by Gasteiger charge is 2.21. The molecular formula is C21H26N4O3S3. The monoisotopic (exact) mass is 478 g/mol. The molecule has 0 unspecified atom stereocenters. The van der Waals surface area contributed by atoms with E-state index < -0.39 is 5.97 Å². The molecule has 31 heavy (non-hydrogen) atoms. The van der Waals surface area contributed by atoms with Gasteiger partial charge in [0.1, 0.15) is 5.00 Å². The fourth-order valence-electron chi connectivity index (χ4n) is 2.98. The number of ether oxygens (including phenoxy) is 1. The predicted octanol–water partition coefficient (Wildman–Crippen LogP) is 5.29. The molecule has 0 atom stereocenters. The van der Waals surface area contributed by atoms with Crippen molar-refractivity contribution >= 4 is 51.3 Å². The Kier molecular flexibility index (Phi) is 7.90. The summed E-state index contributed by atoms with van der Waals surface area (Å²) in [5.41, 5.74) is 1.44. The molecular weight excluding hydrogens is 452 g/mol. The molecule has 7 nitrogen and oxygen atoms in total. The molecule has 10 heteroatoms. The Hall–Kier alpha value is -2.17. The molecule has 3 aromatic heterocycles. The molecule has 0 bridgehead atoms. The van der Waals surface area contributed by atoms with Gasteiger partial charge in [0.25, 0.3) is 0 Å². The molecule has 0 aliphatic heterocycles. The van der Waals surface area contributed by atoms with Crippen LogP contribution in [0.4, 0.5) is 5.00 Å². The van der Waals surface area contributed by atoms with Crippen molar-refractivity contribution < 1.29 is 14.3 Å². The van der Waals surface area contributed by atoms with Crippen LogP contribution in [0.15, 0.2) is 22.7 Å². The highest BCUT2D eigenvalue weighted by atomic mass is 32.2. The van der Waals surface area contributed by atoms with Gasteiger partial charge in [-0.15, -0.1) is 32.9 Å². The summed E-state index contributed by atoms with van der Waals surface area (Å²) in [7, 11) is 1.33. The molecule has 0 radical (unpaired) electrons. The average Bonchev–Trinajstić information content (AvgIpc) is 3.48. The number of carbonyl (C=O) groups is 2. The number of nitrogens with one attached hydrogen (secondary N) is 1. The number of aryl methyl sites for hydroxylation is 2. The van der Waals surface area contributed by atoms with Gasteiger partial charge in [-0.1, -0.05) is 25.6 Å². The van der Waals surface area contributed by atoms with Gasteiger partial charge in [-0.3, -0.25) is 9.36 Å². The van der Waals surface area contributed by atoms with E-state index in [4.69, 9.17) is 4.74 Å². The predicted molar refractivity (Wildman–Crippen MR) is 127 cm³/mol. The fraction of sp³-hybridized carbons (Fsp3) is 0.429.